The van der Waals surface area contributed by atoms with Crippen molar-refractivity contribution in [2.45, 2.75) is 32.7 Å². The molecule has 1 rings (SSSR count). The fourth-order valence-electron chi connectivity index (χ4n) is 1.02. The number of carbonyl (C=O) groups excluding carboxylic acids is 1. The molecule has 4 heteroatoms. The van der Waals surface area contributed by atoms with Crippen LogP contribution in [0.3, 0.4) is 0 Å². The number of pyridine rings is 1. The SMILES string of the molecule is CCC(C)(C)NC(=O)c1ccc(=O)[nH]c1. The summed E-state index contributed by atoms with van der Waals surface area (Å²) >= 11 is 0. The quantitative estimate of drug-likeness (QED) is 0.786. The van der Waals surface area contributed by atoms with Crippen molar-refractivity contribution in [2.24, 2.45) is 0 Å². The molecule has 2 N–H and O–H groups in total. The van der Waals surface area contributed by atoms with E-state index in [0.717, 1.165) is 6.42 Å². The van der Waals surface area contributed by atoms with Gasteiger partial charge in [0.1, 0.15) is 0 Å². The van der Waals surface area contributed by atoms with Crippen LogP contribution in [0.15, 0.2) is 23.1 Å². The van der Waals surface area contributed by atoms with Crippen molar-refractivity contribution >= 4 is 5.91 Å². The third-order valence-corrected chi connectivity index (χ3v) is 2.38. The van der Waals surface area contributed by atoms with Crippen LogP contribution < -0.4 is 10.9 Å². The topological polar surface area (TPSA) is 62.0 Å². The molecule has 0 aliphatic rings. The molecular weight excluding hydrogens is 192 g/mol. The third-order valence-electron chi connectivity index (χ3n) is 2.38. The van der Waals surface area contributed by atoms with E-state index in [9.17, 15) is 9.59 Å². The summed E-state index contributed by atoms with van der Waals surface area (Å²) in [5.74, 6) is -0.168. The van der Waals surface area contributed by atoms with Gasteiger partial charge in [-0.2, -0.15) is 0 Å². The fourth-order valence-corrected chi connectivity index (χ4v) is 1.02. The van der Waals surface area contributed by atoms with Gasteiger partial charge in [-0.3, -0.25) is 9.59 Å². The van der Waals surface area contributed by atoms with Gasteiger partial charge in [0.25, 0.3) is 5.91 Å². The van der Waals surface area contributed by atoms with Gasteiger partial charge in [0, 0.05) is 17.8 Å². The Morgan fingerprint density at radius 1 is 1.47 bits per heavy atom. The zero-order valence-electron chi connectivity index (χ0n) is 9.26. The maximum Gasteiger partial charge on any atom is 0.253 e. The van der Waals surface area contributed by atoms with Crippen LogP contribution in [0.25, 0.3) is 0 Å². The Labute approximate surface area is 88.7 Å². The lowest BCUT2D eigenvalue weighted by Gasteiger charge is -2.24. The number of hydrogen-bond acceptors (Lipinski definition) is 2. The summed E-state index contributed by atoms with van der Waals surface area (Å²) in [6.45, 7) is 5.92. The first-order valence-electron chi connectivity index (χ1n) is 4.96. The first-order chi connectivity index (χ1) is 6.94. The van der Waals surface area contributed by atoms with E-state index in [1.807, 2.05) is 20.8 Å². The molecule has 1 amide bonds. The second kappa shape index (κ2) is 4.29. The van der Waals surface area contributed by atoms with E-state index in [1.165, 1.54) is 18.3 Å². The largest absolute Gasteiger partial charge is 0.347 e. The molecule has 0 aromatic carbocycles. The smallest absolute Gasteiger partial charge is 0.253 e. The zero-order chi connectivity index (χ0) is 11.5. The number of hydrogen-bond donors (Lipinski definition) is 2. The van der Waals surface area contributed by atoms with Crippen LogP contribution in [0, 0.1) is 0 Å². The minimum absolute atomic E-state index is 0.168. The van der Waals surface area contributed by atoms with Crippen LogP contribution in [0.2, 0.25) is 0 Å². The van der Waals surface area contributed by atoms with Crippen molar-refractivity contribution in [2.75, 3.05) is 0 Å². The summed E-state index contributed by atoms with van der Waals surface area (Å²) in [5.41, 5.74) is 0.0326. The number of rotatable bonds is 3. The molecule has 0 spiro atoms. The zero-order valence-corrected chi connectivity index (χ0v) is 9.26. The van der Waals surface area contributed by atoms with Gasteiger partial charge in [0.2, 0.25) is 5.56 Å². The van der Waals surface area contributed by atoms with Crippen molar-refractivity contribution in [3.05, 3.63) is 34.2 Å². The van der Waals surface area contributed by atoms with E-state index >= 15 is 0 Å². The molecule has 0 saturated heterocycles. The maximum absolute atomic E-state index is 11.7. The van der Waals surface area contributed by atoms with Gasteiger partial charge < -0.3 is 10.3 Å². The van der Waals surface area contributed by atoms with Crippen molar-refractivity contribution in [3.8, 4) is 0 Å². The Morgan fingerprint density at radius 2 is 2.13 bits per heavy atom. The number of amides is 1. The normalized spacial score (nSPS) is 11.1. The van der Waals surface area contributed by atoms with Crippen molar-refractivity contribution in [1.29, 1.82) is 0 Å². The highest BCUT2D eigenvalue weighted by Gasteiger charge is 2.18. The Morgan fingerprint density at radius 3 is 2.60 bits per heavy atom. The van der Waals surface area contributed by atoms with Crippen LogP contribution in [0.1, 0.15) is 37.6 Å². The van der Waals surface area contributed by atoms with Crippen molar-refractivity contribution in [3.63, 3.8) is 0 Å². The summed E-state index contributed by atoms with van der Waals surface area (Å²) in [4.78, 5) is 25.0. The second-order valence-corrected chi connectivity index (χ2v) is 4.13. The molecule has 0 atom stereocenters. The number of aromatic amines is 1. The summed E-state index contributed by atoms with van der Waals surface area (Å²) in [6, 6.07) is 2.85. The molecule has 0 saturated carbocycles. The Hall–Kier alpha value is -1.58. The van der Waals surface area contributed by atoms with E-state index < -0.39 is 0 Å². The molecule has 82 valence electrons. The molecule has 0 unspecified atom stereocenters. The number of nitrogens with one attached hydrogen (secondary N) is 2. The monoisotopic (exact) mass is 208 g/mol. The summed E-state index contributed by atoms with van der Waals surface area (Å²) in [7, 11) is 0. The highest BCUT2D eigenvalue weighted by Crippen LogP contribution is 2.08. The molecule has 0 aliphatic heterocycles. The molecule has 1 heterocycles. The first kappa shape index (κ1) is 11.5. The fraction of sp³-hybridized carbons (Fsp3) is 0.455. The third kappa shape index (κ3) is 3.23. The van der Waals surface area contributed by atoms with Crippen LogP contribution in [0.4, 0.5) is 0 Å². The van der Waals surface area contributed by atoms with E-state index in [0.29, 0.717) is 5.56 Å². The molecule has 1 aromatic heterocycles. The van der Waals surface area contributed by atoms with Gasteiger partial charge in [0.05, 0.1) is 5.56 Å². The van der Waals surface area contributed by atoms with Gasteiger partial charge in [-0.1, -0.05) is 6.92 Å². The summed E-state index contributed by atoms with van der Waals surface area (Å²) in [5, 5.41) is 2.88. The lowest BCUT2D eigenvalue weighted by atomic mass is 10.0. The highest BCUT2D eigenvalue weighted by atomic mass is 16.2. The summed E-state index contributed by atoms with van der Waals surface area (Å²) < 4.78 is 0. The molecule has 0 fully saturated rings. The van der Waals surface area contributed by atoms with Gasteiger partial charge >= 0.3 is 0 Å². The highest BCUT2D eigenvalue weighted by molar-refractivity contribution is 5.94. The van der Waals surface area contributed by atoms with Crippen molar-refractivity contribution in [1.82, 2.24) is 10.3 Å². The second-order valence-electron chi connectivity index (χ2n) is 4.13. The van der Waals surface area contributed by atoms with Crippen molar-refractivity contribution < 1.29 is 4.79 Å². The minimum Gasteiger partial charge on any atom is -0.347 e. The molecule has 0 radical (unpaired) electrons. The lowest BCUT2D eigenvalue weighted by molar-refractivity contribution is 0.0911. The minimum atomic E-state index is -0.229. The van der Waals surface area contributed by atoms with Gasteiger partial charge in [-0.05, 0) is 26.3 Å². The van der Waals surface area contributed by atoms with Crippen LogP contribution >= 0.6 is 0 Å². The maximum atomic E-state index is 11.7. The molecule has 0 bridgehead atoms. The Balaban J connectivity index is 2.78. The van der Waals surface area contributed by atoms with E-state index in [4.69, 9.17) is 0 Å². The van der Waals surface area contributed by atoms with Gasteiger partial charge in [-0.15, -0.1) is 0 Å². The molecule has 4 nitrogen and oxygen atoms in total. The van der Waals surface area contributed by atoms with Crippen LogP contribution in [-0.4, -0.2) is 16.4 Å². The molecular formula is C11H16N2O2. The standard InChI is InChI=1S/C11H16N2O2/c1-4-11(2,3)13-10(15)8-5-6-9(14)12-7-8/h5-7H,4H2,1-3H3,(H,12,14)(H,13,15). The predicted octanol–water partition coefficient (Wildman–Crippen LogP) is 1.29. The van der Waals surface area contributed by atoms with Crippen LogP contribution in [0.5, 0.6) is 0 Å². The molecule has 15 heavy (non-hydrogen) atoms. The summed E-state index contributed by atoms with van der Waals surface area (Å²) in [6.07, 6.45) is 2.27. The number of aromatic nitrogens is 1. The lowest BCUT2D eigenvalue weighted by Crippen LogP contribution is -2.42. The molecule has 0 aliphatic carbocycles. The first-order valence-corrected chi connectivity index (χ1v) is 4.96. The predicted molar refractivity (Wildman–Crippen MR) is 58.9 cm³/mol. The average Bonchev–Trinajstić information content (AvgIpc) is 2.18. The van der Waals surface area contributed by atoms with Gasteiger partial charge in [-0.25, -0.2) is 0 Å². The Bertz CT molecular complexity index is 387. The molecule has 1 aromatic rings. The number of H-pyrrole nitrogens is 1. The van der Waals surface area contributed by atoms with E-state index in [-0.39, 0.29) is 17.0 Å². The van der Waals surface area contributed by atoms with Crippen LogP contribution in [-0.2, 0) is 0 Å². The van der Waals surface area contributed by atoms with E-state index in [1.54, 1.807) is 0 Å². The van der Waals surface area contributed by atoms with Gasteiger partial charge in [0.15, 0.2) is 0 Å². The average molecular weight is 208 g/mol. The van der Waals surface area contributed by atoms with E-state index in [2.05, 4.69) is 10.3 Å². The Kier molecular flexibility index (Phi) is 3.29. The number of carbonyl (C=O) groups is 1.